The number of nitrogens with zero attached hydrogens (tertiary/aromatic N) is 2. The van der Waals surface area contributed by atoms with E-state index in [9.17, 15) is 14.0 Å². The first-order valence-corrected chi connectivity index (χ1v) is 10.2. The van der Waals surface area contributed by atoms with Gasteiger partial charge in [0.1, 0.15) is 18.2 Å². The highest BCUT2D eigenvalue weighted by atomic mass is 19.1. The van der Waals surface area contributed by atoms with E-state index in [4.69, 9.17) is 10.5 Å². The van der Waals surface area contributed by atoms with E-state index >= 15 is 0 Å². The Balaban J connectivity index is 1.38. The summed E-state index contributed by atoms with van der Waals surface area (Å²) < 4.78 is 21.7. The molecule has 0 saturated heterocycles. The number of carbonyl (C=O) groups is 2. The molecule has 0 spiro atoms. The van der Waals surface area contributed by atoms with Crippen LogP contribution in [0.5, 0.6) is 5.75 Å². The van der Waals surface area contributed by atoms with E-state index in [1.807, 2.05) is 6.07 Å². The van der Waals surface area contributed by atoms with Crippen LogP contribution < -0.4 is 15.8 Å². The predicted molar refractivity (Wildman–Crippen MR) is 120 cm³/mol. The number of hydrogen-bond acceptors (Lipinski definition) is 4. The molecule has 1 heterocycles. The first kappa shape index (κ1) is 21.8. The maximum absolute atomic E-state index is 14.4. The largest absolute Gasteiger partial charge is 0.488 e. The molecule has 3 aromatic carbocycles. The smallest absolute Gasteiger partial charge is 0.252 e. The molecule has 0 radical (unpaired) electrons. The van der Waals surface area contributed by atoms with Crippen molar-refractivity contribution in [3.8, 4) is 11.4 Å². The number of nitrogens with one attached hydrogen (secondary N) is 1. The number of para-hydroxylation sites is 1. The van der Waals surface area contributed by atoms with Crippen molar-refractivity contribution in [2.24, 2.45) is 5.73 Å². The average molecular weight is 444 g/mol. The van der Waals surface area contributed by atoms with E-state index in [0.717, 1.165) is 5.56 Å². The summed E-state index contributed by atoms with van der Waals surface area (Å²) in [5.74, 6) is -0.905. The highest BCUT2D eigenvalue weighted by Gasteiger charge is 2.11. The maximum atomic E-state index is 14.4. The van der Waals surface area contributed by atoms with E-state index in [1.54, 1.807) is 71.6 Å². The van der Waals surface area contributed by atoms with Crippen LogP contribution in [0.3, 0.4) is 0 Å². The molecular weight excluding hydrogens is 423 g/mol. The lowest BCUT2D eigenvalue weighted by Gasteiger charge is -2.11. The molecule has 0 atom stereocenters. The Bertz CT molecular complexity index is 1290. The van der Waals surface area contributed by atoms with Gasteiger partial charge in [-0.2, -0.15) is 0 Å². The number of imidazole rings is 1. The molecule has 0 aliphatic carbocycles. The zero-order valence-corrected chi connectivity index (χ0v) is 17.6. The van der Waals surface area contributed by atoms with Crippen LogP contribution in [0.25, 0.3) is 5.69 Å². The monoisotopic (exact) mass is 444 g/mol. The summed E-state index contributed by atoms with van der Waals surface area (Å²) in [7, 11) is 0. The third-order valence-corrected chi connectivity index (χ3v) is 4.98. The van der Waals surface area contributed by atoms with Gasteiger partial charge in [-0.3, -0.25) is 9.59 Å². The second-order valence-electron chi connectivity index (χ2n) is 7.29. The lowest BCUT2D eigenvalue weighted by atomic mass is 10.1. The van der Waals surface area contributed by atoms with E-state index in [-0.39, 0.29) is 24.6 Å². The Morgan fingerprint density at radius 3 is 2.64 bits per heavy atom. The number of benzene rings is 3. The molecule has 0 fully saturated rings. The number of aromatic nitrogens is 2. The molecule has 3 N–H and O–H groups in total. The molecule has 0 aliphatic heterocycles. The van der Waals surface area contributed by atoms with Crippen LogP contribution >= 0.6 is 0 Å². The van der Waals surface area contributed by atoms with Gasteiger partial charge in [0.25, 0.3) is 11.8 Å². The zero-order valence-electron chi connectivity index (χ0n) is 17.6. The van der Waals surface area contributed by atoms with Gasteiger partial charge in [-0.05, 0) is 47.5 Å². The van der Waals surface area contributed by atoms with Crippen molar-refractivity contribution in [1.82, 2.24) is 14.9 Å². The van der Waals surface area contributed by atoms with Gasteiger partial charge in [-0.25, -0.2) is 9.37 Å². The molecule has 0 bridgehead atoms. The van der Waals surface area contributed by atoms with E-state index in [0.29, 0.717) is 22.6 Å². The van der Waals surface area contributed by atoms with E-state index in [1.165, 1.54) is 12.4 Å². The first-order valence-electron chi connectivity index (χ1n) is 10.2. The van der Waals surface area contributed by atoms with Crippen molar-refractivity contribution < 1.29 is 18.7 Å². The van der Waals surface area contributed by atoms with Crippen molar-refractivity contribution in [1.29, 1.82) is 0 Å². The Hall–Kier alpha value is -4.46. The number of rotatable bonds is 8. The van der Waals surface area contributed by atoms with Crippen LogP contribution in [0.2, 0.25) is 0 Å². The van der Waals surface area contributed by atoms with Crippen LogP contribution in [-0.2, 0) is 13.2 Å². The number of carbonyl (C=O) groups excluding carboxylic acids is 2. The minimum absolute atomic E-state index is 0.159. The molecule has 8 heteroatoms. The highest BCUT2D eigenvalue weighted by molar-refractivity contribution is 5.95. The van der Waals surface area contributed by atoms with Gasteiger partial charge in [-0.15, -0.1) is 0 Å². The lowest BCUT2D eigenvalue weighted by molar-refractivity contribution is 0.0949. The highest BCUT2D eigenvalue weighted by Crippen LogP contribution is 2.19. The summed E-state index contributed by atoms with van der Waals surface area (Å²) in [6.07, 6.45) is 4.75. The molecule has 0 unspecified atom stereocenters. The van der Waals surface area contributed by atoms with Gasteiger partial charge in [0.05, 0.1) is 17.6 Å². The number of hydrogen-bond donors (Lipinski definition) is 2. The number of halogens is 1. The van der Waals surface area contributed by atoms with Crippen molar-refractivity contribution in [3.63, 3.8) is 0 Å². The van der Waals surface area contributed by atoms with E-state index < -0.39 is 11.7 Å². The summed E-state index contributed by atoms with van der Waals surface area (Å²) in [5, 5.41) is 2.80. The third kappa shape index (κ3) is 5.24. The summed E-state index contributed by atoms with van der Waals surface area (Å²) in [6.45, 7) is 0.332. The van der Waals surface area contributed by atoms with Crippen LogP contribution in [-0.4, -0.2) is 21.4 Å². The SMILES string of the molecule is NC(=O)c1ccccc1OCc1cccc(C(=O)NCc2ccc(-n3ccnc3)c(F)c2)c1. The Kier molecular flexibility index (Phi) is 6.45. The molecule has 4 rings (SSSR count). The summed E-state index contributed by atoms with van der Waals surface area (Å²) in [5.41, 5.74) is 7.86. The fraction of sp³-hybridized carbons (Fsp3) is 0.0800. The minimum Gasteiger partial charge on any atom is -0.488 e. The first-order chi connectivity index (χ1) is 16.0. The third-order valence-electron chi connectivity index (χ3n) is 4.98. The molecular formula is C25H21FN4O3. The van der Waals surface area contributed by atoms with Crippen LogP contribution in [0.4, 0.5) is 4.39 Å². The van der Waals surface area contributed by atoms with Crippen molar-refractivity contribution in [3.05, 3.63) is 114 Å². The summed E-state index contributed by atoms with van der Waals surface area (Å²) >= 11 is 0. The standard InChI is InChI=1S/C25H21FN4O3/c26-21-13-17(8-9-22(21)30-11-10-28-16-30)14-29-25(32)19-5-3-4-18(12-19)15-33-23-7-2-1-6-20(23)24(27)31/h1-13,16H,14-15H2,(H2,27,31)(H,29,32). The topological polar surface area (TPSA) is 99.2 Å². The predicted octanol–water partition coefficient (Wildman–Crippen LogP) is 3.62. The maximum Gasteiger partial charge on any atom is 0.252 e. The second kappa shape index (κ2) is 9.78. The average Bonchev–Trinajstić information content (AvgIpc) is 3.36. The molecule has 166 valence electrons. The normalized spacial score (nSPS) is 10.6. The molecule has 33 heavy (non-hydrogen) atoms. The summed E-state index contributed by atoms with van der Waals surface area (Å²) in [6, 6.07) is 18.4. The number of amides is 2. The fourth-order valence-electron chi connectivity index (χ4n) is 3.32. The number of nitrogens with two attached hydrogens (primary N) is 1. The Labute approximate surface area is 189 Å². The molecule has 0 aliphatic rings. The van der Waals surface area contributed by atoms with Gasteiger partial charge >= 0.3 is 0 Å². The van der Waals surface area contributed by atoms with Gasteiger partial charge < -0.3 is 20.4 Å². The van der Waals surface area contributed by atoms with Crippen LogP contribution in [0, 0.1) is 5.82 Å². The lowest BCUT2D eigenvalue weighted by Crippen LogP contribution is -2.23. The minimum atomic E-state index is -0.576. The molecule has 2 amide bonds. The van der Waals surface area contributed by atoms with Gasteiger partial charge in [0, 0.05) is 24.5 Å². The Morgan fingerprint density at radius 2 is 1.88 bits per heavy atom. The van der Waals surface area contributed by atoms with Crippen molar-refractivity contribution in [2.75, 3.05) is 0 Å². The quantitative estimate of drug-likeness (QED) is 0.434. The molecule has 0 saturated carbocycles. The number of ether oxygens (including phenoxy) is 1. The fourth-order valence-corrected chi connectivity index (χ4v) is 3.32. The number of primary amides is 1. The second-order valence-corrected chi connectivity index (χ2v) is 7.29. The van der Waals surface area contributed by atoms with Crippen LogP contribution in [0.15, 0.2) is 85.5 Å². The van der Waals surface area contributed by atoms with Crippen molar-refractivity contribution >= 4 is 11.8 Å². The zero-order chi connectivity index (χ0) is 23.2. The van der Waals surface area contributed by atoms with Crippen molar-refractivity contribution in [2.45, 2.75) is 13.2 Å². The van der Waals surface area contributed by atoms with Gasteiger partial charge in [0.15, 0.2) is 0 Å². The Morgan fingerprint density at radius 1 is 1.03 bits per heavy atom. The molecule has 7 nitrogen and oxygen atoms in total. The van der Waals surface area contributed by atoms with E-state index in [2.05, 4.69) is 10.3 Å². The van der Waals surface area contributed by atoms with Crippen LogP contribution in [0.1, 0.15) is 31.8 Å². The molecule has 1 aromatic heterocycles. The van der Waals surface area contributed by atoms with Gasteiger partial charge in [0.2, 0.25) is 0 Å². The molecule has 4 aromatic rings. The summed E-state index contributed by atoms with van der Waals surface area (Å²) in [4.78, 5) is 28.0. The van der Waals surface area contributed by atoms with Gasteiger partial charge in [-0.1, -0.05) is 30.3 Å².